The molecule has 2 aromatic carbocycles. The van der Waals surface area contributed by atoms with Crippen LogP contribution >= 0.6 is 39.3 Å². The topological polar surface area (TPSA) is 60.1 Å². The SMILES string of the molecule is O=C(CSc1ncc(-c2ccc(Br)cc2)n1Cc1ccco1)Nc1ccc(Cl)cc1. The Bertz CT molecular complexity index is 1130. The quantitative estimate of drug-likeness (QED) is 0.300. The first-order valence-corrected chi connectivity index (χ1v) is 11.3. The predicted molar refractivity (Wildman–Crippen MR) is 124 cm³/mol. The summed E-state index contributed by atoms with van der Waals surface area (Å²) < 4.78 is 8.60. The molecule has 2 heterocycles. The molecule has 2 aromatic heterocycles. The van der Waals surface area contributed by atoms with Gasteiger partial charge in [0, 0.05) is 15.2 Å². The normalized spacial score (nSPS) is 10.9. The number of carbonyl (C=O) groups excluding carboxylic acids is 1. The Kier molecular flexibility index (Phi) is 6.62. The molecule has 0 aliphatic carbocycles. The molecule has 0 spiro atoms. The van der Waals surface area contributed by atoms with Gasteiger partial charge in [-0.1, -0.05) is 51.4 Å². The van der Waals surface area contributed by atoms with Crippen molar-refractivity contribution in [3.05, 3.63) is 88.4 Å². The number of aromatic nitrogens is 2. The maximum atomic E-state index is 12.4. The summed E-state index contributed by atoms with van der Waals surface area (Å²) in [5, 5.41) is 4.24. The second-order valence-electron chi connectivity index (χ2n) is 6.44. The summed E-state index contributed by atoms with van der Waals surface area (Å²) in [4.78, 5) is 16.9. The maximum Gasteiger partial charge on any atom is 0.234 e. The van der Waals surface area contributed by atoms with E-state index >= 15 is 0 Å². The summed E-state index contributed by atoms with van der Waals surface area (Å²) in [6.45, 7) is 0.527. The van der Waals surface area contributed by atoms with Crippen molar-refractivity contribution in [2.75, 3.05) is 11.1 Å². The van der Waals surface area contributed by atoms with E-state index in [2.05, 4.69) is 30.8 Å². The van der Waals surface area contributed by atoms with Crippen molar-refractivity contribution in [3.63, 3.8) is 0 Å². The van der Waals surface area contributed by atoms with Crippen LogP contribution in [0.3, 0.4) is 0 Å². The largest absolute Gasteiger partial charge is 0.467 e. The Hall–Kier alpha value is -2.48. The molecule has 30 heavy (non-hydrogen) atoms. The fourth-order valence-corrected chi connectivity index (χ4v) is 4.07. The van der Waals surface area contributed by atoms with E-state index in [9.17, 15) is 4.79 Å². The summed E-state index contributed by atoms with van der Waals surface area (Å²) in [7, 11) is 0. The van der Waals surface area contributed by atoms with Crippen molar-refractivity contribution in [1.82, 2.24) is 9.55 Å². The van der Waals surface area contributed by atoms with E-state index in [1.54, 1.807) is 30.5 Å². The molecule has 0 aliphatic rings. The summed E-state index contributed by atoms with van der Waals surface area (Å²) in [5.41, 5.74) is 2.70. The van der Waals surface area contributed by atoms with Gasteiger partial charge in [0.15, 0.2) is 5.16 Å². The number of thioether (sulfide) groups is 1. The summed E-state index contributed by atoms with van der Waals surface area (Å²) in [6.07, 6.45) is 3.48. The number of rotatable bonds is 7. The molecule has 4 rings (SSSR count). The molecule has 0 atom stereocenters. The highest BCUT2D eigenvalue weighted by Crippen LogP contribution is 2.28. The number of hydrogen-bond acceptors (Lipinski definition) is 4. The number of anilines is 1. The summed E-state index contributed by atoms with van der Waals surface area (Å²) >= 11 is 10.7. The molecular weight excluding hydrogens is 486 g/mol. The molecule has 0 fully saturated rings. The Labute approximate surface area is 191 Å². The molecule has 0 saturated heterocycles. The standard InChI is InChI=1S/C22H17BrClN3O2S/c23-16-5-3-15(4-6-16)20-12-25-22(27(20)13-19-2-1-11-29-19)30-14-21(28)26-18-9-7-17(24)8-10-18/h1-12H,13-14H2,(H,26,28). The third kappa shape index (κ3) is 5.16. The molecule has 5 nitrogen and oxygen atoms in total. The molecule has 0 unspecified atom stereocenters. The number of furan rings is 1. The van der Waals surface area contributed by atoms with E-state index in [1.807, 2.05) is 42.6 Å². The fraction of sp³-hybridized carbons (Fsp3) is 0.0909. The van der Waals surface area contributed by atoms with Crippen LogP contribution in [0.25, 0.3) is 11.3 Å². The highest BCUT2D eigenvalue weighted by atomic mass is 79.9. The number of nitrogens with one attached hydrogen (secondary N) is 1. The van der Waals surface area contributed by atoms with Crippen LogP contribution in [-0.4, -0.2) is 21.2 Å². The first-order chi connectivity index (χ1) is 14.6. The van der Waals surface area contributed by atoms with Crippen molar-refractivity contribution in [2.24, 2.45) is 0 Å². The Morgan fingerprint density at radius 3 is 2.60 bits per heavy atom. The lowest BCUT2D eigenvalue weighted by atomic mass is 10.2. The van der Waals surface area contributed by atoms with Crippen LogP contribution < -0.4 is 5.32 Å². The van der Waals surface area contributed by atoms with Gasteiger partial charge in [0.1, 0.15) is 5.76 Å². The monoisotopic (exact) mass is 501 g/mol. The van der Waals surface area contributed by atoms with E-state index in [0.717, 1.165) is 26.6 Å². The molecule has 1 amide bonds. The van der Waals surface area contributed by atoms with Crippen LogP contribution in [-0.2, 0) is 11.3 Å². The number of hydrogen-bond donors (Lipinski definition) is 1. The number of benzene rings is 2. The van der Waals surface area contributed by atoms with Crippen LogP contribution in [0.5, 0.6) is 0 Å². The Balaban J connectivity index is 1.52. The van der Waals surface area contributed by atoms with Crippen LogP contribution in [0.4, 0.5) is 5.69 Å². The van der Waals surface area contributed by atoms with Gasteiger partial charge in [-0.2, -0.15) is 0 Å². The van der Waals surface area contributed by atoms with Crippen LogP contribution in [0.2, 0.25) is 5.02 Å². The van der Waals surface area contributed by atoms with Gasteiger partial charge in [0.05, 0.1) is 30.5 Å². The summed E-state index contributed by atoms with van der Waals surface area (Å²) in [6, 6.07) is 18.9. The zero-order valence-electron chi connectivity index (χ0n) is 15.7. The Morgan fingerprint density at radius 1 is 1.13 bits per heavy atom. The Morgan fingerprint density at radius 2 is 1.90 bits per heavy atom. The maximum absolute atomic E-state index is 12.4. The molecule has 0 aliphatic heterocycles. The second-order valence-corrected chi connectivity index (χ2v) is 8.74. The lowest BCUT2D eigenvalue weighted by Crippen LogP contribution is -2.14. The highest BCUT2D eigenvalue weighted by Gasteiger charge is 2.15. The van der Waals surface area contributed by atoms with Gasteiger partial charge in [-0.25, -0.2) is 4.98 Å². The second kappa shape index (κ2) is 9.55. The number of imidazole rings is 1. The number of nitrogens with zero attached hydrogens (tertiary/aromatic N) is 2. The van der Waals surface area contributed by atoms with Gasteiger partial charge in [-0.05, 0) is 54.1 Å². The van der Waals surface area contributed by atoms with E-state index in [4.69, 9.17) is 16.0 Å². The average molecular weight is 503 g/mol. The molecule has 152 valence electrons. The minimum Gasteiger partial charge on any atom is -0.467 e. The van der Waals surface area contributed by atoms with E-state index in [1.165, 1.54) is 11.8 Å². The lowest BCUT2D eigenvalue weighted by molar-refractivity contribution is -0.113. The van der Waals surface area contributed by atoms with Crippen LogP contribution in [0.15, 0.2) is 87.2 Å². The number of halogens is 2. The van der Waals surface area contributed by atoms with E-state index < -0.39 is 0 Å². The lowest BCUT2D eigenvalue weighted by Gasteiger charge is -2.11. The third-order valence-corrected chi connectivity index (χ3v) is 6.08. The molecule has 4 aromatic rings. The summed E-state index contributed by atoms with van der Waals surface area (Å²) in [5.74, 6) is 0.941. The zero-order valence-corrected chi connectivity index (χ0v) is 18.9. The molecule has 0 radical (unpaired) electrons. The van der Waals surface area contributed by atoms with Crippen LogP contribution in [0, 0.1) is 0 Å². The van der Waals surface area contributed by atoms with Gasteiger partial charge in [-0.3, -0.25) is 4.79 Å². The molecule has 0 bridgehead atoms. The van der Waals surface area contributed by atoms with Gasteiger partial charge >= 0.3 is 0 Å². The molecule has 1 N–H and O–H groups in total. The third-order valence-electron chi connectivity index (χ3n) is 4.31. The van der Waals surface area contributed by atoms with E-state index in [0.29, 0.717) is 17.3 Å². The van der Waals surface area contributed by atoms with Gasteiger partial charge < -0.3 is 14.3 Å². The number of amides is 1. The van der Waals surface area contributed by atoms with Crippen molar-refractivity contribution in [1.29, 1.82) is 0 Å². The van der Waals surface area contributed by atoms with Crippen molar-refractivity contribution in [3.8, 4) is 11.3 Å². The van der Waals surface area contributed by atoms with Gasteiger partial charge in [-0.15, -0.1) is 0 Å². The average Bonchev–Trinajstić information content (AvgIpc) is 3.39. The zero-order chi connectivity index (χ0) is 20.9. The fourth-order valence-electron chi connectivity index (χ4n) is 2.90. The smallest absolute Gasteiger partial charge is 0.234 e. The predicted octanol–water partition coefficient (Wildman–Crippen LogP) is 6.34. The van der Waals surface area contributed by atoms with Crippen molar-refractivity contribution in [2.45, 2.75) is 11.7 Å². The first-order valence-electron chi connectivity index (χ1n) is 9.10. The van der Waals surface area contributed by atoms with Crippen molar-refractivity contribution < 1.29 is 9.21 Å². The van der Waals surface area contributed by atoms with Gasteiger partial charge in [0.25, 0.3) is 0 Å². The highest BCUT2D eigenvalue weighted by molar-refractivity contribution is 9.10. The molecule has 0 saturated carbocycles. The van der Waals surface area contributed by atoms with E-state index in [-0.39, 0.29) is 11.7 Å². The first kappa shape index (κ1) is 20.8. The molecular formula is C22H17BrClN3O2S. The van der Waals surface area contributed by atoms with Gasteiger partial charge in [0.2, 0.25) is 5.91 Å². The number of carbonyl (C=O) groups is 1. The van der Waals surface area contributed by atoms with Crippen molar-refractivity contribution >= 4 is 50.9 Å². The minimum absolute atomic E-state index is 0.111. The molecule has 8 heteroatoms. The van der Waals surface area contributed by atoms with Crippen LogP contribution in [0.1, 0.15) is 5.76 Å². The minimum atomic E-state index is -0.111.